The van der Waals surface area contributed by atoms with Crippen molar-refractivity contribution in [3.05, 3.63) is 23.2 Å². The molecule has 1 aliphatic heterocycles. The number of hydrogen-bond donors (Lipinski definition) is 2. The van der Waals surface area contributed by atoms with E-state index in [0.29, 0.717) is 30.3 Å². The van der Waals surface area contributed by atoms with Gasteiger partial charge in [-0.2, -0.15) is 0 Å². The molecule has 1 amide bonds. The maximum atomic E-state index is 11.7. The summed E-state index contributed by atoms with van der Waals surface area (Å²) in [5.41, 5.74) is 0.789. The van der Waals surface area contributed by atoms with Crippen LogP contribution in [0.1, 0.15) is 19.3 Å². The van der Waals surface area contributed by atoms with Crippen LogP contribution >= 0.6 is 11.6 Å². The molecule has 1 fully saturated rings. The zero-order chi connectivity index (χ0) is 15.1. The lowest BCUT2D eigenvalue weighted by atomic mass is 10.2. The van der Waals surface area contributed by atoms with E-state index in [1.54, 1.807) is 25.3 Å². The summed E-state index contributed by atoms with van der Waals surface area (Å²) in [6.45, 7) is 1.92. The van der Waals surface area contributed by atoms with Gasteiger partial charge in [-0.05, 0) is 31.0 Å². The van der Waals surface area contributed by atoms with Gasteiger partial charge in [0.15, 0.2) is 0 Å². The molecule has 0 aromatic heterocycles. The predicted molar refractivity (Wildman–Crippen MR) is 83.1 cm³/mol. The van der Waals surface area contributed by atoms with Gasteiger partial charge in [0, 0.05) is 31.1 Å². The average Bonchev–Trinajstić information content (AvgIpc) is 2.99. The summed E-state index contributed by atoms with van der Waals surface area (Å²) >= 11 is 5.95. The largest absolute Gasteiger partial charge is 0.495 e. The molecule has 0 spiro atoms. The Labute approximate surface area is 130 Å². The van der Waals surface area contributed by atoms with Gasteiger partial charge < -0.3 is 20.1 Å². The number of anilines is 1. The van der Waals surface area contributed by atoms with Gasteiger partial charge in [0.25, 0.3) is 0 Å². The fourth-order valence-corrected chi connectivity index (χ4v) is 2.42. The Kier molecular flexibility index (Phi) is 6.14. The van der Waals surface area contributed by atoms with E-state index in [9.17, 15) is 4.79 Å². The highest BCUT2D eigenvalue weighted by Crippen LogP contribution is 2.27. The van der Waals surface area contributed by atoms with Crippen LogP contribution < -0.4 is 15.4 Å². The van der Waals surface area contributed by atoms with Crippen LogP contribution in [0.5, 0.6) is 5.75 Å². The molecule has 0 aliphatic carbocycles. The Morgan fingerprint density at radius 3 is 3.10 bits per heavy atom. The van der Waals surface area contributed by atoms with Crippen molar-refractivity contribution in [2.24, 2.45) is 0 Å². The minimum Gasteiger partial charge on any atom is -0.495 e. The van der Waals surface area contributed by atoms with Gasteiger partial charge in [0.2, 0.25) is 5.91 Å². The highest BCUT2D eigenvalue weighted by molar-refractivity contribution is 6.30. The maximum Gasteiger partial charge on any atom is 0.221 e. The van der Waals surface area contributed by atoms with Crippen LogP contribution in [0.25, 0.3) is 0 Å². The SMILES string of the molecule is COc1ccc(Cl)cc1NCCC(=O)NC[C@@H]1CCCO1. The van der Waals surface area contributed by atoms with E-state index < -0.39 is 0 Å². The Morgan fingerprint density at radius 2 is 2.38 bits per heavy atom. The number of nitrogens with one attached hydrogen (secondary N) is 2. The molecule has 116 valence electrons. The van der Waals surface area contributed by atoms with Crippen LogP contribution in [0.4, 0.5) is 5.69 Å². The van der Waals surface area contributed by atoms with Crippen molar-refractivity contribution in [2.75, 3.05) is 32.1 Å². The summed E-state index contributed by atoms with van der Waals surface area (Å²) in [5.74, 6) is 0.721. The third kappa shape index (κ3) is 5.10. The summed E-state index contributed by atoms with van der Waals surface area (Å²) in [5, 5.41) is 6.68. The lowest BCUT2D eigenvalue weighted by molar-refractivity contribution is -0.121. The first-order valence-electron chi connectivity index (χ1n) is 7.15. The van der Waals surface area contributed by atoms with E-state index >= 15 is 0 Å². The lowest BCUT2D eigenvalue weighted by Gasteiger charge is -2.13. The summed E-state index contributed by atoms with van der Waals surface area (Å²) in [6, 6.07) is 5.34. The number of methoxy groups -OCH3 is 1. The maximum absolute atomic E-state index is 11.7. The number of rotatable bonds is 7. The molecule has 5 nitrogen and oxygen atoms in total. The molecule has 0 radical (unpaired) electrons. The molecule has 21 heavy (non-hydrogen) atoms. The van der Waals surface area contributed by atoms with Crippen molar-refractivity contribution in [3.63, 3.8) is 0 Å². The Morgan fingerprint density at radius 1 is 1.52 bits per heavy atom. The molecule has 1 heterocycles. The molecule has 1 aromatic rings. The van der Waals surface area contributed by atoms with E-state index in [1.165, 1.54) is 0 Å². The van der Waals surface area contributed by atoms with Crippen LogP contribution in [0.3, 0.4) is 0 Å². The smallest absolute Gasteiger partial charge is 0.221 e. The highest BCUT2D eigenvalue weighted by atomic mass is 35.5. The number of benzene rings is 1. The summed E-state index contributed by atoms with van der Waals surface area (Å²) in [6.07, 6.45) is 2.67. The standard InChI is InChI=1S/C15H21ClN2O3/c1-20-14-5-4-11(16)9-13(14)17-7-6-15(19)18-10-12-3-2-8-21-12/h4-5,9,12,17H,2-3,6-8,10H2,1H3,(H,18,19)/t12-/m0/s1. The van der Waals surface area contributed by atoms with Gasteiger partial charge in [-0.15, -0.1) is 0 Å². The zero-order valence-corrected chi connectivity index (χ0v) is 12.9. The first kappa shape index (κ1) is 15.9. The lowest BCUT2D eigenvalue weighted by Crippen LogP contribution is -2.32. The molecular formula is C15H21ClN2O3. The minimum atomic E-state index is 0.0130. The molecule has 2 rings (SSSR count). The predicted octanol–water partition coefficient (Wildman–Crippen LogP) is 2.45. The van der Waals surface area contributed by atoms with Gasteiger partial charge >= 0.3 is 0 Å². The van der Waals surface area contributed by atoms with E-state index in [1.807, 2.05) is 0 Å². The molecule has 0 unspecified atom stereocenters. The van der Waals surface area contributed by atoms with Crippen molar-refractivity contribution in [1.82, 2.24) is 5.32 Å². The normalized spacial score (nSPS) is 17.5. The second-order valence-electron chi connectivity index (χ2n) is 4.96. The zero-order valence-electron chi connectivity index (χ0n) is 12.2. The first-order valence-corrected chi connectivity index (χ1v) is 7.52. The number of carbonyl (C=O) groups is 1. The van der Waals surface area contributed by atoms with Gasteiger partial charge in [-0.1, -0.05) is 11.6 Å². The fourth-order valence-electron chi connectivity index (χ4n) is 2.25. The molecule has 1 saturated heterocycles. The van der Waals surface area contributed by atoms with Crippen molar-refractivity contribution < 1.29 is 14.3 Å². The van der Waals surface area contributed by atoms with Crippen molar-refractivity contribution in [2.45, 2.75) is 25.4 Å². The molecule has 1 aliphatic rings. The first-order chi connectivity index (χ1) is 10.2. The average molecular weight is 313 g/mol. The molecule has 0 saturated carbocycles. The second-order valence-corrected chi connectivity index (χ2v) is 5.40. The van der Waals surface area contributed by atoms with Crippen molar-refractivity contribution in [1.29, 1.82) is 0 Å². The van der Waals surface area contributed by atoms with Crippen molar-refractivity contribution >= 4 is 23.2 Å². The van der Waals surface area contributed by atoms with Crippen LogP contribution in [0, 0.1) is 0 Å². The Hall–Kier alpha value is -1.46. The second kappa shape index (κ2) is 8.10. The van der Waals surface area contributed by atoms with Gasteiger partial charge in [0.05, 0.1) is 18.9 Å². The number of hydrogen-bond acceptors (Lipinski definition) is 4. The van der Waals surface area contributed by atoms with Crippen LogP contribution in [-0.2, 0) is 9.53 Å². The van der Waals surface area contributed by atoms with Gasteiger partial charge in [-0.3, -0.25) is 4.79 Å². The van der Waals surface area contributed by atoms with Crippen molar-refractivity contribution in [3.8, 4) is 5.75 Å². The monoisotopic (exact) mass is 312 g/mol. The summed E-state index contributed by atoms with van der Waals surface area (Å²) in [7, 11) is 1.60. The van der Waals surface area contributed by atoms with Gasteiger partial charge in [0.1, 0.15) is 5.75 Å². The minimum absolute atomic E-state index is 0.0130. The Balaban J connectivity index is 1.70. The molecule has 2 N–H and O–H groups in total. The third-order valence-electron chi connectivity index (χ3n) is 3.38. The molecule has 6 heteroatoms. The van der Waals surface area contributed by atoms with Crippen LogP contribution in [-0.4, -0.2) is 38.8 Å². The third-order valence-corrected chi connectivity index (χ3v) is 3.62. The van der Waals surface area contributed by atoms with E-state index in [0.717, 1.165) is 25.1 Å². The van der Waals surface area contributed by atoms with E-state index in [-0.39, 0.29) is 12.0 Å². The summed E-state index contributed by atoms with van der Waals surface area (Å²) in [4.78, 5) is 11.7. The highest BCUT2D eigenvalue weighted by Gasteiger charge is 2.15. The topological polar surface area (TPSA) is 59.6 Å². The fraction of sp³-hybridized carbons (Fsp3) is 0.533. The van der Waals surface area contributed by atoms with Crippen LogP contribution in [0.2, 0.25) is 5.02 Å². The molecule has 1 aromatic carbocycles. The molecular weight excluding hydrogens is 292 g/mol. The molecule has 1 atom stereocenters. The summed E-state index contributed by atoms with van der Waals surface area (Å²) < 4.78 is 10.7. The quantitative estimate of drug-likeness (QED) is 0.812. The van der Waals surface area contributed by atoms with Crippen LogP contribution in [0.15, 0.2) is 18.2 Å². The number of carbonyl (C=O) groups excluding carboxylic acids is 1. The molecule has 0 bridgehead atoms. The van der Waals surface area contributed by atoms with E-state index in [2.05, 4.69) is 10.6 Å². The number of halogens is 1. The van der Waals surface area contributed by atoms with E-state index in [4.69, 9.17) is 21.1 Å². The Bertz CT molecular complexity index is 476. The number of ether oxygens (including phenoxy) is 2. The number of amides is 1. The van der Waals surface area contributed by atoms with Gasteiger partial charge in [-0.25, -0.2) is 0 Å².